The molecule has 0 atom stereocenters. The Hall–Kier alpha value is -1.88. The van der Waals surface area contributed by atoms with Crippen LogP contribution in [0.5, 0.6) is 0 Å². The molecule has 5 heteroatoms. The molecule has 1 heterocycles. The molecule has 2 rings (SSSR count). The lowest BCUT2D eigenvalue weighted by atomic mass is 10.2. The zero-order valence-corrected chi connectivity index (χ0v) is 11.3. The van der Waals surface area contributed by atoms with E-state index in [-0.39, 0.29) is 5.91 Å². The molecule has 1 aromatic heterocycles. The van der Waals surface area contributed by atoms with Gasteiger partial charge in [-0.05, 0) is 35.0 Å². The van der Waals surface area contributed by atoms with Crippen LogP contribution in [0.2, 0.25) is 0 Å². The van der Waals surface area contributed by atoms with Gasteiger partial charge >= 0.3 is 0 Å². The molecule has 1 aromatic carbocycles. The zero-order valence-electron chi connectivity index (χ0n) is 9.68. The van der Waals surface area contributed by atoms with Crippen LogP contribution in [0.4, 0.5) is 0 Å². The van der Waals surface area contributed by atoms with Gasteiger partial charge in [0.15, 0.2) is 0 Å². The maximum absolute atomic E-state index is 11.6. The number of nitrogens with one attached hydrogen (secondary N) is 1. The lowest BCUT2D eigenvalue weighted by molar-refractivity contribution is 0.0955. The first-order valence-electron chi connectivity index (χ1n) is 5.31. The Morgan fingerprint density at radius 3 is 2.72 bits per heavy atom. The van der Waals surface area contributed by atoms with Gasteiger partial charge in [0, 0.05) is 11.6 Å². The van der Waals surface area contributed by atoms with Crippen molar-refractivity contribution in [1.29, 1.82) is 0 Å². The first-order chi connectivity index (χ1) is 8.66. The fourth-order valence-electron chi connectivity index (χ4n) is 1.35. The van der Waals surface area contributed by atoms with Gasteiger partial charge < -0.3 is 4.42 Å². The third-order valence-corrected chi connectivity index (χ3v) is 3.06. The van der Waals surface area contributed by atoms with E-state index in [1.165, 1.54) is 6.21 Å². The zero-order chi connectivity index (χ0) is 13.0. The largest absolute Gasteiger partial charge is 0.459 e. The van der Waals surface area contributed by atoms with Crippen LogP contribution in [0.15, 0.2) is 50.4 Å². The van der Waals surface area contributed by atoms with Crippen molar-refractivity contribution in [2.45, 2.75) is 6.92 Å². The minimum Gasteiger partial charge on any atom is -0.459 e. The normalized spacial score (nSPS) is 10.8. The van der Waals surface area contributed by atoms with E-state index in [0.717, 1.165) is 10.2 Å². The summed E-state index contributed by atoms with van der Waals surface area (Å²) < 4.78 is 6.23. The van der Waals surface area contributed by atoms with Gasteiger partial charge in [-0.3, -0.25) is 4.79 Å². The van der Waals surface area contributed by atoms with Crippen molar-refractivity contribution >= 4 is 28.1 Å². The van der Waals surface area contributed by atoms with Crippen molar-refractivity contribution in [2.75, 3.05) is 0 Å². The monoisotopic (exact) mass is 306 g/mol. The Kier molecular flexibility index (Phi) is 3.94. The fraction of sp³-hybridized carbons (Fsp3) is 0.0769. The van der Waals surface area contributed by atoms with E-state index >= 15 is 0 Å². The van der Waals surface area contributed by atoms with Crippen LogP contribution in [0.1, 0.15) is 21.9 Å². The van der Waals surface area contributed by atoms with Gasteiger partial charge in [0.1, 0.15) is 11.5 Å². The van der Waals surface area contributed by atoms with Gasteiger partial charge in [0.05, 0.1) is 10.7 Å². The summed E-state index contributed by atoms with van der Waals surface area (Å²) in [5.74, 6) is 1.09. The second-order valence-corrected chi connectivity index (χ2v) is 4.47. The predicted molar refractivity (Wildman–Crippen MR) is 72.6 cm³/mol. The highest BCUT2D eigenvalue weighted by Crippen LogP contribution is 2.18. The number of nitrogens with zero attached hydrogens (tertiary/aromatic N) is 1. The molecule has 1 N–H and O–H groups in total. The third-order valence-electron chi connectivity index (χ3n) is 2.27. The molecule has 0 aliphatic rings. The molecule has 0 saturated heterocycles. The topological polar surface area (TPSA) is 54.6 Å². The quantitative estimate of drug-likeness (QED) is 0.699. The minimum absolute atomic E-state index is 0.255. The van der Waals surface area contributed by atoms with E-state index in [4.69, 9.17) is 4.42 Å². The molecule has 0 saturated carbocycles. The average Bonchev–Trinajstić information content (AvgIpc) is 2.69. The van der Waals surface area contributed by atoms with Crippen LogP contribution >= 0.6 is 15.9 Å². The molecule has 0 radical (unpaired) electrons. The summed E-state index contributed by atoms with van der Waals surface area (Å²) in [6.07, 6.45) is 1.46. The Balaban J connectivity index is 1.98. The van der Waals surface area contributed by atoms with Crippen molar-refractivity contribution < 1.29 is 9.21 Å². The maximum atomic E-state index is 11.6. The van der Waals surface area contributed by atoms with E-state index in [1.807, 2.05) is 13.0 Å². The SMILES string of the molecule is Cc1oc(/C=N\NC(=O)c2ccccc2)cc1Br. The summed E-state index contributed by atoms with van der Waals surface area (Å²) in [5.41, 5.74) is 2.99. The smallest absolute Gasteiger partial charge is 0.271 e. The van der Waals surface area contributed by atoms with Gasteiger partial charge in [0.25, 0.3) is 5.91 Å². The number of amides is 1. The second kappa shape index (κ2) is 5.64. The lowest BCUT2D eigenvalue weighted by Gasteiger charge is -1.97. The van der Waals surface area contributed by atoms with Crippen molar-refractivity contribution in [1.82, 2.24) is 5.43 Å². The molecule has 18 heavy (non-hydrogen) atoms. The standard InChI is InChI=1S/C13H11BrN2O2/c1-9-12(14)7-11(18-9)8-15-16-13(17)10-5-3-2-4-6-10/h2-8H,1H3,(H,16,17)/b15-8-. The van der Waals surface area contributed by atoms with Crippen LogP contribution in [0.25, 0.3) is 0 Å². The van der Waals surface area contributed by atoms with E-state index in [0.29, 0.717) is 11.3 Å². The first kappa shape index (κ1) is 12.6. The molecule has 0 aliphatic carbocycles. The van der Waals surface area contributed by atoms with E-state index in [9.17, 15) is 4.79 Å². The fourth-order valence-corrected chi connectivity index (χ4v) is 1.66. The molecule has 0 spiro atoms. The molecule has 0 aliphatic heterocycles. The summed E-state index contributed by atoms with van der Waals surface area (Å²) in [4.78, 5) is 11.6. The number of aryl methyl sites for hydroxylation is 1. The van der Waals surface area contributed by atoms with Crippen LogP contribution in [-0.4, -0.2) is 12.1 Å². The van der Waals surface area contributed by atoms with Gasteiger partial charge in [-0.2, -0.15) is 5.10 Å². The number of carbonyl (C=O) groups is 1. The summed E-state index contributed by atoms with van der Waals surface area (Å²) in [6, 6.07) is 10.7. The second-order valence-electron chi connectivity index (χ2n) is 3.62. The summed E-state index contributed by atoms with van der Waals surface area (Å²) in [6.45, 7) is 1.84. The summed E-state index contributed by atoms with van der Waals surface area (Å²) in [5, 5.41) is 3.83. The third kappa shape index (κ3) is 3.07. The molecule has 1 amide bonds. The van der Waals surface area contributed by atoms with Crippen LogP contribution < -0.4 is 5.43 Å². The Morgan fingerprint density at radius 2 is 2.11 bits per heavy atom. The number of hydrogen-bond acceptors (Lipinski definition) is 3. The van der Waals surface area contributed by atoms with Gasteiger partial charge in [0.2, 0.25) is 0 Å². The average molecular weight is 307 g/mol. The molecule has 0 unspecified atom stereocenters. The molecule has 0 bridgehead atoms. The van der Waals surface area contributed by atoms with Gasteiger partial charge in [-0.25, -0.2) is 5.43 Å². The van der Waals surface area contributed by atoms with Crippen molar-refractivity contribution in [3.63, 3.8) is 0 Å². The molecular formula is C13H11BrN2O2. The molecule has 0 fully saturated rings. The summed E-state index contributed by atoms with van der Waals surface area (Å²) in [7, 11) is 0. The Bertz CT molecular complexity index is 556. The first-order valence-corrected chi connectivity index (χ1v) is 6.10. The molecule has 4 nitrogen and oxygen atoms in total. The summed E-state index contributed by atoms with van der Waals surface area (Å²) >= 11 is 3.33. The Labute approximate surface area is 113 Å². The number of benzene rings is 1. The van der Waals surface area contributed by atoms with Crippen LogP contribution in [-0.2, 0) is 0 Å². The van der Waals surface area contributed by atoms with E-state index < -0.39 is 0 Å². The van der Waals surface area contributed by atoms with E-state index in [2.05, 4.69) is 26.5 Å². The Morgan fingerprint density at radius 1 is 1.39 bits per heavy atom. The molecular weight excluding hydrogens is 296 g/mol. The number of furan rings is 1. The number of carbonyl (C=O) groups excluding carboxylic acids is 1. The highest BCUT2D eigenvalue weighted by Gasteiger charge is 2.03. The molecule has 2 aromatic rings. The van der Waals surface area contributed by atoms with Gasteiger partial charge in [-0.1, -0.05) is 18.2 Å². The van der Waals surface area contributed by atoms with Crippen molar-refractivity contribution in [3.8, 4) is 0 Å². The number of hydrazone groups is 1. The maximum Gasteiger partial charge on any atom is 0.271 e. The van der Waals surface area contributed by atoms with Crippen LogP contribution in [0.3, 0.4) is 0 Å². The number of hydrogen-bond donors (Lipinski definition) is 1. The number of halogens is 1. The molecule has 92 valence electrons. The van der Waals surface area contributed by atoms with Crippen molar-refractivity contribution in [2.24, 2.45) is 5.10 Å². The predicted octanol–water partition coefficient (Wildman–Crippen LogP) is 3.11. The van der Waals surface area contributed by atoms with Crippen LogP contribution in [0, 0.1) is 6.92 Å². The van der Waals surface area contributed by atoms with Gasteiger partial charge in [-0.15, -0.1) is 0 Å². The highest BCUT2D eigenvalue weighted by atomic mass is 79.9. The minimum atomic E-state index is -0.255. The number of rotatable bonds is 3. The van der Waals surface area contributed by atoms with E-state index in [1.54, 1.807) is 30.3 Å². The van der Waals surface area contributed by atoms with Crippen molar-refractivity contribution in [3.05, 3.63) is 58.0 Å². The highest BCUT2D eigenvalue weighted by molar-refractivity contribution is 9.10. The lowest BCUT2D eigenvalue weighted by Crippen LogP contribution is -2.17.